The van der Waals surface area contributed by atoms with Gasteiger partial charge in [0, 0.05) is 49.4 Å². The van der Waals surface area contributed by atoms with Crippen LogP contribution in [0.5, 0.6) is 0 Å². The SMILES string of the molecule is CC(C)(C)OC(=O)NCCc1cncn1CCc1nccs1. The molecular weight excluding hydrogens is 300 g/mol. The van der Waals surface area contributed by atoms with Crippen molar-refractivity contribution in [2.75, 3.05) is 6.54 Å². The second kappa shape index (κ2) is 7.40. The normalized spacial score (nSPS) is 11.4. The maximum atomic E-state index is 11.6. The van der Waals surface area contributed by atoms with Crippen LogP contribution < -0.4 is 5.32 Å². The minimum absolute atomic E-state index is 0.388. The van der Waals surface area contributed by atoms with E-state index in [4.69, 9.17) is 4.74 Å². The molecule has 0 saturated carbocycles. The van der Waals surface area contributed by atoms with Crippen molar-refractivity contribution in [3.63, 3.8) is 0 Å². The summed E-state index contributed by atoms with van der Waals surface area (Å²) in [5.74, 6) is 0. The molecule has 1 amide bonds. The largest absolute Gasteiger partial charge is 0.444 e. The van der Waals surface area contributed by atoms with Crippen LogP contribution in [-0.2, 0) is 24.1 Å². The van der Waals surface area contributed by atoms with Gasteiger partial charge in [0.05, 0.1) is 11.3 Å². The summed E-state index contributed by atoms with van der Waals surface area (Å²) in [4.78, 5) is 20.0. The first kappa shape index (κ1) is 16.5. The number of nitrogens with zero attached hydrogens (tertiary/aromatic N) is 3. The Labute approximate surface area is 134 Å². The lowest BCUT2D eigenvalue weighted by Gasteiger charge is -2.19. The summed E-state index contributed by atoms with van der Waals surface area (Å²) >= 11 is 1.66. The number of aromatic nitrogens is 3. The quantitative estimate of drug-likeness (QED) is 0.887. The number of nitrogens with one attached hydrogen (secondary N) is 1. The van der Waals surface area contributed by atoms with E-state index >= 15 is 0 Å². The van der Waals surface area contributed by atoms with Gasteiger partial charge in [0.1, 0.15) is 5.60 Å². The summed E-state index contributed by atoms with van der Waals surface area (Å²) in [5.41, 5.74) is 0.618. The fourth-order valence-corrected chi connectivity index (χ4v) is 2.57. The van der Waals surface area contributed by atoms with E-state index in [9.17, 15) is 4.79 Å². The number of rotatable bonds is 6. The van der Waals surface area contributed by atoms with Crippen molar-refractivity contribution in [2.45, 2.75) is 45.8 Å². The zero-order chi connectivity index (χ0) is 16.0. The fourth-order valence-electron chi connectivity index (χ4n) is 1.96. The summed E-state index contributed by atoms with van der Waals surface area (Å²) < 4.78 is 7.30. The first-order valence-electron chi connectivity index (χ1n) is 7.28. The number of ether oxygens (including phenoxy) is 1. The second-order valence-corrected chi connectivity index (χ2v) is 6.91. The van der Waals surface area contributed by atoms with E-state index < -0.39 is 5.60 Å². The van der Waals surface area contributed by atoms with Gasteiger partial charge in [-0.3, -0.25) is 0 Å². The minimum atomic E-state index is -0.473. The van der Waals surface area contributed by atoms with Gasteiger partial charge in [0.25, 0.3) is 0 Å². The van der Waals surface area contributed by atoms with Crippen molar-refractivity contribution in [1.29, 1.82) is 0 Å². The molecule has 2 rings (SSSR count). The maximum absolute atomic E-state index is 11.6. The van der Waals surface area contributed by atoms with E-state index in [0.717, 1.165) is 30.1 Å². The zero-order valence-electron chi connectivity index (χ0n) is 13.2. The topological polar surface area (TPSA) is 69.0 Å². The van der Waals surface area contributed by atoms with Crippen molar-refractivity contribution < 1.29 is 9.53 Å². The Bertz CT molecular complexity index is 587. The van der Waals surface area contributed by atoms with E-state index in [1.807, 2.05) is 44.9 Å². The number of amides is 1. The van der Waals surface area contributed by atoms with Gasteiger partial charge >= 0.3 is 6.09 Å². The monoisotopic (exact) mass is 322 g/mol. The summed E-state index contributed by atoms with van der Waals surface area (Å²) in [6.45, 7) is 6.91. The lowest BCUT2D eigenvalue weighted by Crippen LogP contribution is -2.33. The van der Waals surface area contributed by atoms with Crippen molar-refractivity contribution in [3.8, 4) is 0 Å². The van der Waals surface area contributed by atoms with Crippen LogP contribution in [0.25, 0.3) is 0 Å². The molecule has 2 aromatic rings. The predicted molar refractivity (Wildman–Crippen MR) is 86.0 cm³/mol. The highest BCUT2D eigenvalue weighted by molar-refractivity contribution is 7.09. The third-order valence-electron chi connectivity index (χ3n) is 2.90. The van der Waals surface area contributed by atoms with Crippen LogP contribution >= 0.6 is 11.3 Å². The van der Waals surface area contributed by atoms with Gasteiger partial charge in [-0.2, -0.15) is 0 Å². The van der Waals surface area contributed by atoms with Crippen molar-refractivity contribution >= 4 is 17.4 Å². The van der Waals surface area contributed by atoms with Crippen molar-refractivity contribution in [1.82, 2.24) is 19.9 Å². The number of thiazole rings is 1. The van der Waals surface area contributed by atoms with Crippen LogP contribution in [-0.4, -0.2) is 32.8 Å². The van der Waals surface area contributed by atoms with Gasteiger partial charge in [-0.25, -0.2) is 14.8 Å². The van der Waals surface area contributed by atoms with Crippen molar-refractivity contribution in [3.05, 3.63) is 34.8 Å². The van der Waals surface area contributed by atoms with E-state index in [0.29, 0.717) is 6.54 Å². The molecule has 0 radical (unpaired) electrons. The number of hydrogen-bond donors (Lipinski definition) is 1. The molecule has 0 atom stereocenters. The number of carbonyl (C=O) groups excluding carboxylic acids is 1. The van der Waals surface area contributed by atoms with Gasteiger partial charge in [0.2, 0.25) is 0 Å². The van der Waals surface area contributed by atoms with E-state index in [-0.39, 0.29) is 6.09 Å². The molecule has 0 bridgehead atoms. The zero-order valence-corrected chi connectivity index (χ0v) is 14.0. The first-order valence-corrected chi connectivity index (χ1v) is 8.16. The third kappa shape index (κ3) is 5.48. The van der Waals surface area contributed by atoms with E-state index in [1.165, 1.54) is 0 Å². The highest BCUT2D eigenvalue weighted by Gasteiger charge is 2.15. The Balaban J connectivity index is 1.76. The van der Waals surface area contributed by atoms with Crippen LogP contribution in [0.4, 0.5) is 4.79 Å². The average molecular weight is 322 g/mol. The molecule has 0 unspecified atom stereocenters. The van der Waals surface area contributed by atoms with Crippen LogP contribution in [0.15, 0.2) is 24.1 Å². The minimum Gasteiger partial charge on any atom is -0.444 e. The van der Waals surface area contributed by atoms with Crippen LogP contribution in [0.3, 0.4) is 0 Å². The molecule has 0 fully saturated rings. The number of hydrogen-bond acceptors (Lipinski definition) is 5. The Hall–Kier alpha value is -1.89. The molecule has 0 saturated heterocycles. The summed E-state index contributed by atoms with van der Waals surface area (Å²) in [6.07, 6.45) is 6.69. The van der Waals surface area contributed by atoms with Crippen LogP contribution in [0.1, 0.15) is 31.5 Å². The Morgan fingerprint density at radius 1 is 1.41 bits per heavy atom. The molecule has 0 aliphatic rings. The molecule has 2 heterocycles. The maximum Gasteiger partial charge on any atom is 0.407 e. The molecule has 0 spiro atoms. The van der Waals surface area contributed by atoms with E-state index in [2.05, 4.69) is 19.9 Å². The third-order valence-corrected chi connectivity index (χ3v) is 3.74. The highest BCUT2D eigenvalue weighted by Crippen LogP contribution is 2.09. The van der Waals surface area contributed by atoms with Crippen LogP contribution in [0.2, 0.25) is 0 Å². The summed E-state index contributed by atoms with van der Waals surface area (Å²) in [5, 5.41) is 5.86. The number of carbonyl (C=O) groups is 1. The Kier molecular flexibility index (Phi) is 5.54. The summed E-state index contributed by atoms with van der Waals surface area (Å²) in [6, 6.07) is 0. The fraction of sp³-hybridized carbons (Fsp3) is 0.533. The smallest absolute Gasteiger partial charge is 0.407 e. The molecular formula is C15H22N4O2S. The second-order valence-electron chi connectivity index (χ2n) is 5.93. The number of alkyl carbamates (subject to hydrolysis) is 1. The van der Waals surface area contributed by atoms with Gasteiger partial charge in [-0.15, -0.1) is 11.3 Å². The molecule has 0 aliphatic carbocycles. The van der Waals surface area contributed by atoms with Gasteiger partial charge in [-0.1, -0.05) is 0 Å². The molecule has 120 valence electrons. The Morgan fingerprint density at radius 3 is 2.91 bits per heavy atom. The average Bonchev–Trinajstić information content (AvgIpc) is 3.04. The highest BCUT2D eigenvalue weighted by atomic mass is 32.1. The molecule has 2 aromatic heterocycles. The van der Waals surface area contributed by atoms with Crippen molar-refractivity contribution in [2.24, 2.45) is 0 Å². The van der Waals surface area contributed by atoms with Crippen LogP contribution in [0, 0.1) is 0 Å². The van der Waals surface area contributed by atoms with Gasteiger partial charge in [0.15, 0.2) is 0 Å². The number of imidazole rings is 1. The lowest BCUT2D eigenvalue weighted by molar-refractivity contribution is 0.0528. The van der Waals surface area contributed by atoms with E-state index in [1.54, 1.807) is 11.3 Å². The summed E-state index contributed by atoms with van der Waals surface area (Å²) in [7, 11) is 0. The predicted octanol–water partition coefficient (Wildman–Crippen LogP) is 2.65. The molecule has 1 N–H and O–H groups in total. The molecule has 22 heavy (non-hydrogen) atoms. The first-order chi connectivity index (χ1) is 10.4. The lowest BCUT2D eigenvalue weighted by atomic mass is 10.2. The molecule has 0 aliphatic heterocycles. The standard InChI is InChI=1S/C15H22N4O2S/c1-15(2,3)21-14(20)18-6-4-12-10-16-11-19(12)8-5-13-17-7-9-22-13/h7,9-11H,4-6,8H2,1-3H3,(H,18,20). The number of aryl methyl sites for hydroxylation is 2. The van der Waals surface area contributed by atoms with Gasteiger partial charge in [-0.05, 0) is 20.8 Å². The Morgan fingerprint density at radius 2 is 2.23 bits per heavy atom. The van der Waals surface area contributed by atoms with Gasteiger partial charge < -0.3 is 14.6 Å². The molecule has 6 nitrogen and oxygen atoms in total. The molecule has 7 heteroatoms. The molecule has 0 aromatic carbocycles.